The maximum absolute atomic E-state index is 5.73. The molecule has 0 aliphatic heterocycles. The Morgan fingerprint density at radius 1 is 1.17 bits per heavy atom. The Bertz CT molecular complexity index is 375. The molecule has 1 aromatic carbocycles. The minimum atomic E-state index is 0.164. The van der Waals surface area contributed by atoms with Gasteiger partial charge in [-0.05, 0) is 29.5 Å². The fourth-order valence-electron chi connectivity index (χ4n) is 1.58. The Morgan fingerprint density at radius 2 is 1.94 bits per heavy atom. The second kappa shape index (κ2) is 7.22. The van der Waals surface area contributed by atoms with E-state index in [1.165, 1.54) is 5.56 Å². The highest BCUT2D eigenvalue weighted by Gasteiger charge is 2.13. The van der Waals surface area contributed by atoms with Crippen LogP contribution >= 0.6 is 0 Å². The van der Waals surface area contributed by atoms with Crippen LogP contribution in [0, 0.1) is 0 Å². The molecule has 0 unspecified atom stereocenters. The number of benzene rings is 1. The molecule has 18 heavy (non-hydrogen) atoms. The summed E-state index contributed by atoms with van der Waals surface area (Å²) in [6, 6.07) is 8.33. The van der Waals surface area contributed by atoms with E-state index in [2.05, 4.69) is 45.0 Å². The number of hydrogen-bond acceptors (Lipinski definition) is 2. The quantitative estimate of drug-likeness (QED) is 0.560. The minimum Gasteiger partial charge on any atom is -0.493 e. The summed E-state index contributed by atoms with van der Waals surface area (Å²) in [4.78, 5) is 0. The van der Waals surface area contributed by atoms with Crippen molar-refractivity contribution in [1.82, 2.24) is 0 Å². The highest BCUT2D eigenvalue weighted by molar-refractivity contribution is 5.32. The molecule has 0 saturated heterocycles. The summed E-state index contributed by atoms with van der Waals surface area (Å²) in [7, 11) is 1.69. The lowest BCUT2D eigenvalue weighted by atomic mass is 9.87. The number of methoxy groups -OCH3 is 1. The van der Waals surface area contributed by atoms with Gasteiger partial charge in [0.1, 0.15) is 5.75 Å². The fourth-order valence-corrected chi connectivity index (χ4v) is 1.58. The predicted molar refractivity (Wildman–Crippen MR) is 76.3 cm³/mol. The van der Waals surface area contributed by atoms with E-state index in [4.69, 9.17) is 9.47 Å². The third-order valence-corrected chi connectivity index (χ3v) is 2.68. The molecule has 1 rings (SSSR count). The first-order chi connectivity index (χ1) is 8.54. The SMILES string of the molecule is COC/C=C/CCOc1cccc(C(C)(C)C)c1. The third-order valence-electron chi connectivity index (χ3n) is 2.68. The molecule has 0 saturated carbocycles. The van der Waals surface area contributed by atoms with Crippen LogP contribution < -0.4 is 4.74 Å². The zero-order valence-electron chi connectivity index (χ0n) is 11.9. The van der Waals surface area contributed by atoms with Crippen LogP contribution in [0.15, 0.2) is 36.4 Å². The van der Waals surface area contributed by atoms with Crippen molar-refractivity contribution in [3.63, 3.8) is 0 Å². The van der Waals surface area contributed by atoms with Crippen molar-refractivity contribution in [2.75, 3.05) is 20.3 Å². The first-order valence-corrected chi connectivity index (χ1v) is 6.41. The lowest BCUT2D eigenvalue weighted by Crippen LogP contribution is -2.11. The van der Waals surface area contributed by atoms with Gasteiger partial charge in [-0.25, -0.2) is 0 Å². The van der Waals surface area contributed by atoms with Crippen LogP contribution in [0.25, 0.3) is 0 Å². The van der Waals surface area contributed by atoms with Crippen molar-refractivity contribution in [3.05, 3.63) is 42.0 Å². The molecule has 2 nitrogen and oxygen atoms in total. The van der Waals surface area contributed by atoms with Crippen LogP contribution in [0.5, 0.6) is 5.75 Å². The summed E-state index contributed by atoms with van der Waals surface area (Å²) in [6.07, 6.45) is 5.00. The van der Waals surface area contributed by atoms with Crippen molar-refractivity contribution >= 4 is 0 Å². The standard InChI is InChI=1S/C16H24O2/c1-16(2,3)14-9-8-10-15(13-14)18-12-7-5-6-11-17-4/h5-6,8-10,13H,7,11-12H2,1-4H3/b6-5+. The molecular weight excluding hydrogens is 224 g/mol. The van der Waals surface area contributed by atoms with E-state index in [1.807, 2.05) is 12.1 Å². The van der Waals surface area contributed by atoms with Crippen LogP contribution in [0.4, 0.5) is 0 Å². The molecule has 0 radical (unpaired) electrons. The Labute approximate surface area is 111 Å². The molecular formula is C16H24O2. The molecule has 0 aliphatic carbocycles. The predicted octanol–water partition coefficient (Wildman–Crippen LogP) is 3.96. The molecule has 0 aromatic heterocycles. The summed E-state index contributed by atoms with van der Waals surface area (Å²) in [5.74, 6) is 0.947. The normalized spacial score (nSPS) is 12.0. The summed E-state index contributed by atoms with van der Waals surface area (Å²) in [5.41, 5.74) is 1.47. The van der Waals surface area contributed by atoms with Gasteiger partial charge in [-0.15, -0.1) is 0 Å². The van der Waals surface area contributed by atoms with E-state index in [0.29, 0.717) is 13.2 Å². The second-order valence-corrected chi connectivity index (χ2v) is 5.34. The van der Waals surface area contributed by atoms with Gasteiger partial charge < -0.3 is 9.47 Å². The molecule has 0 aliphatic rings. The summed E-state index contributed by atoms with van der Waals surface area (Å²) >= 11 is 0. The molecule has 1 aromatic rings. The maximum Gasteiger partial charge on any atom is 0.119 e. The fraction of sp³-hybridized carbons (Fsp3) is 0.500. The summed E-state index contributed by atoms with van der Waals surface area (Å²) in [6.45, 7) is 7.99. The molecule has 0 heterocycles. The van der Waals surface area contributed by atoms with Gasteiger partial charge in [-0.3, -0.25) is 0 Å². The van der Waals surface area contributed by atoms with E-state index in [9.17, 15) is 0 Å². The molecule has 0 fully saturated rings. The largest absolute Gasteiger partial charge is 0.493 e. The van der Waals surface area contributed by atoms with Gasteiger partial charge in [-0.2, -0.15) is 0 Å². The molecule has 0 N–H and O–H groups in total. The van der Waals surface area contributed by atoms with Crippen molar-refractivity contribution < 1.29 is 9.47 Å². The molecule has 100 valence electrons. The molecule has 0 bridgehead atoms. The lowest BCUT2D eigenvalue weighted by molar-refractivity contribution is 0.233. The van der Waals surface area contributed by atoms with E-state index in [0.717, 1.165) is 12.2 Å². The number of rotatable bonds is 6. The molecule has 0 atom stereocenters. The van der Waals surface area contributed by atoms with Gasteiger partial charge in [0.05, 0.1) is 13.2 Å². The zero-order valence-corrected chi connectivity index (χ0v) is 11.9. The first kappa shape index (κ1) is 14.8. The average molecular weight is 248 g/mol. The zero-order chi connectivity index (χ0) is 13.4. The summed E-state index contributed by atoms with van der Waals surface area (Å²) < 4.78 is 10.7. The molecule has 0 amide bonds. The van der Waals surface area contributed by atoms with Crippen molar-refractivity contribution in [1.29, 1.82) is 0 Å². The number of ether oxygens (including phenoxy) is 2. The highest BCUT2D eigenvalue weighted by Crippen LogP contribution is 2.25. The highest BCUT2D eigenvalue weighted by atomic mass is 16.5. The van der Waals surface area contributed by atoms with Crippen molar-refractivity contribution in [2.45, 2.75) is 32.6 Å². The van der Waals surface area contributed by atoms with Gasteiger partial charge in [0, 0.05) is 7.11 Å². The molecule has 0 spiro atoms. The van der Waals surface area contributed by atoms with E-state index >= 15 is 0 Å². The van der Waals surface area contributed by atoms with E-state index in [-0.39, 0.29) is 5.41 Å². The van der Waals surface area contributed by atoms with Gasteiger partial charge in [0.15, 0.2) is 0 Å². The minimum absolute atomic E-state index is 0.164. The van der Waals surface area contributed by atoms with Crippen LogP contribution in [-0.2, 0) is 10.2 Å². The Balaban J connectivity index is 2.43. The Morgan fingerprint density at radius 3 is 2.61 bits per heavy atom. The van der Waals surface area contributed by atoms with Gasteiger partial charge in [-0.1, -0.05) is 45.1 Å². The van der Waals surface area contributed by atoms with Crippen molar-refractivity contribution in [2.24, 2.45) is 0 Å². The van der Waals surface area contributed by atoms with Gasteiger partial charge in [0.25, 0.3) is 0 Å². The third kappa shape index (κ3) is 5.37. The van der Waals surface area contributed by atoms with Crippen LogP contribution in [-0.4, -0.2) is 20.3 Å². The van der Waals surface area contributed by atoms with Gasteiger partial charge >= 0.3 is 0 Å². The van der Waals surface area contributed by atoms with E-state index in [1.54, 1.807) is 7.11 Å². The average Bonchev–Trinajstić information content (AvgIpc) is 2.33. The second-order valence-electron chi connectivity index (χ2n) is 5.34. The van der Waals surface area contributed by atoms with Gasteiger partial charge in [0.2, 0.25) is 0 Å². The maximum atomic E-state index is 5.73. The smallest absolute Gasteiger partial charge is 0.119 e. The number of hydrogen-bond donors (Lipinski definition) is 0. The topological polar surface area (TPSA) is 18.5 Å². The monoisotopic (exact) mass is 248 g/mol. The Hall–Kier alpha value is -1.28. The molecule has 2 heteroatoms. The Kier molecular flexibility index (Phi) is 5.93. The van der Waals surface area contributed by atoms with Crippen LogP contribution in [0.2, 0.25) is 0 Å². The van der Waals surface area contributed by atoms with Crippen LogP contribution in [0.1, 0.15) is 32.8 Å². The lowest BCUT2D eigenvalue weighted by Gasteiger charge is -2.19. The van der Waals surface area contributed by atoms with E-state index < -0.39 is 0 Å². The summed E-state index contributed by atoms with van der Waals surface area (Å²) in [5, 5.41) is 0. The van der Waals surface area contributed by atoms with Crippen LogP contribution in [0.3, 0.4) is 0 Å². The van der Waals surface area contributed by atoms with Crippen molar-refractivity contribution in [3.8, 4) is 5.75 Å². The first-order valence-electron chi connectivity index (χ1n) is 6.41.